The fourth-order valence-electron chi connectivity index (χ4n) is 2.33. The van der Waals surface area contributed by atoms with Gasteiger partial charge in [0.1, 0.15) is 0 Å². The van der Waals surface area contributed by atoms with Crippen LogP contribution in [0, 0.1) is 11.8 Å². The molecule has 0 aliphatic carbocycles. The zero-order valence-corrected chi connectivity index (χ0v) is 12.6. The first kappa shape index (κ1) is 15.0. The van der Waals surface area contributed by atoms with Gasteiger partial charge in [0.25, 0.3) is 0 Å². The maximum absolute atomic E-state index is 12.2. The van der Waals surface area contributed by atoms with E-state index in [-0.39, 0.29) is 24.0 Å². The van der Waals surface area contributed by atoms with Crippen LogP contribution in [0.4, 0.5) is 0 Å². The average molecular weight is 306 g/mol. The number of hydrogen-bond donors (Lipinski definition) is 1. The first-order valence-corrected chi connectivity index (χ1v) is 7.70. The summed E-state index contributed by atoms with van der Waals surface area (Å²) in [6.07, 6.45) is 2.88. The van der Waals surface area contributed by atoms with E-state index in [0.717, 1.165) is 31.2 Å². The quantitative estimate of drug-likeness (QED) is 0.766. The molecule has 1 N–H and O–H groups in total. The molecule has 1 saturated heterocycles. The molecule has 3 nitrogen and oxygen atoms in total. The van der Waals surface area contributed by atoms with Crippen LogP contribution < -0.4 is 5.32 Å². The summed E-state index contributed by atoms with van der Waals surface area (Å²) in [7, 11) is 0. The third-order valence-corrected chi connectivity index (χ3v) is 3.96. The van der Waals surface area contributed by atoms with Crippen LogP contribution >= 0.6 is 15.9 Å². The first-order chi connectivity index (χ1) is 8.10. The van der Waals surface area contributed by atoms with Crippen LogP contribution in [0.15, 0.2) is 0 Å². The topological polar surface area (TPSA) is 38.3 Å². The van der Waals surface area contributed by atoms with Crippen LogP contribution in [0.25, 0.3) is 0 Å². The van der Waals surface area contributed by atoms with Crippen LogP contribution in [0.1, 0.15) is 40.0 Å². The molecule has 17 heavy (non-hydrogen) atoms. The Morgan fingerprint density at radius 1 is 1.53 bits per heavy atom. The number of carbonyl (C=O) groups is 1. The Bertz CT molecular complexity index is 246. The average Bonchev–Trinajstić information content (AvgIpc) is 2.76. The Morgan fingerprint density at radius 2 is 2.24 bits per heavy atom. The van der Waals surface area contributed by atoms with E-state index in [0.29, 0.717) is 5.92 Å². The zero-order valence-electron chi connectivity index (χ0n) is 11.0. The molecule has 1 amide bonds. The fourth-order valence-corrected chi connectivity index (χ4v) is 2.82. The van der Waals surface area contributed by atoms with Crippen LogP contribution in [0.5, 0.6) is 0 Å². The molecule has 0 radical (unpaired) electrons. The fraction of sp³-hybridized carbons (Fsp3) is 0.923. The molecule has 0 aromatic rings. The molecule has 1 fully saturated rings. The molecule has 100 valence electrons. The summed E-state index contributed by atoms with van der Waals surface area (Å²) in [5, 5.41) is 4.10. The number of alkyl halides is 1. The number of amides is 1. The van der Waals surface area contributed by atoms with Gasteiger partial charge in [-0.25, -0.2) is 0 Å². The first-order valence-electron chi connectivity index (χ1n) is 6.58. The van der Waals surface area contributed by atoms with E-state index >= 15 is 0 Å². The van der Waals surface area contributed by atoms with Crippen molar-refractivity contribution < 1.29 is 9.53 Å². The Kier molecular flexibility index (Phi) is 6.49. The molecule has 0 bridgehead atoms. The van der Waals surface area contributed by atoms with Gasteiger partial charge in [0.05, 0.1) is 12.0 Å². The lowest BCUT2D eigenvalue weighted by molar-refractivity contribution is -0.127. The largest absolute Gasteiger partial charge is 0.377 e. The summed E-state index contributed by atoms with van der Waals surface area (Å²) >= 11 is 3.44. The third kappa shape index (κ3) is 4.25. The van der Waals surface area contributed by atoms with Crippen molar-refractivity contribution in [3.63, 3.8) is 0 Å². The van der Waals surface area contributed by atoms with Crippen LogP contribution in [0.3, 0.4) is 0 Å². The van der Waals surface area contributed by atoms with E-state index in [4.69, 9.17) is 4.74 Å². The molecule has 3 unspecified atom stereocenters. The van der Waals surface area contributed by atoms with Crippen molar-refractivity contribution in [1.82, 2.24) is 5.32 Å². The minimum Gasteiger partial charge on any atom is -0.377 e. The summed E-state index contributed by atoms with van der Waals surface area (Å²) in [6.45, 7) is 7.10. The van der Waals surface area contributed by atoms with Crippen molar-refractivity contribution in [3.05, 3.63) is 0 Å². The van der Waals surface area contributed by atoms with Gasteiger partial charge in [-0.15, -0.1) is 0 Å². The molecular formula is C13H24BrNO2. The van der Waals surface area contributed by atoms with Gasteiger partial charge in [0.2, 0.25) is 5.91 Å². The van der Waals surface area contributed by atoms with Crippen molar-refractivity contribution in [1.29, 1.82) is 0 Å². The smallest absolute Gasteiger partial charge is 0.226 e. The highest BCUT2D eigenvalue weighted by atomic mass is 79.9. The number of hydrogen-bond acceptors (Lipinski definition) is 2. The molecule has 1 aliphatic heterocycles. The van der Waals surface area contributed by atoms with Gasteiger partial charge in [-0.2, -0.15) is 0 Å². The van der Waals surface area contributed by atoms with E-state index in [2.05, 4.69) is 42.0 Å². The summed E-state index contributed by atoms with van der Waals surface area (Å²) < 4.78 is 5.57. The van der Waals surface area contributed by atoms with Crippen LogP contribution in [-0.4, -0.2) is 30.0 Å². The molecule has 0 spiro atoms. The standard InChI is InChI=1S/C13H24BrNO2/c1-4-12-10(6-8-17-12)13(16)15-11(5-7-14)9(2)3/h9-12H,4-8H2,1-3H3,(H,15,16). The maximum Gasteiger partial charge on any atom is 0.226 e. The molecule has 3 atom stereocenters. The summed E-state index contributed by atoms with van der Waals surface area (Å²) in [5.41, 5.74) is 0. The zero-order chi connectivity index (χ0) is 12.8. The predicted octanol–water partition coefficient (Wildman–Crippen LogP) is 2.73. The minimum absolute atomic E-state index is 0.0524. The minimum atomic E-state index is 0.0524. The van der Waals surface area contributed by atoms with E-state index in [1.165, 1.54) is 0 Å². The lowest BCUT2D eigenvalue weighted by atomic mass is 9.96. The Hall–Kier alpha value is -0.0900. The highest BCUT2D eigenvalue weighted by molar-refractivity contribution is 9.09. The summed E-state index contributed by atoms with van der Waals surface area (Å²) in [5.74, 6) is 0.699. The number of nitrogens with one attached hydrogen (secondary N) is 1. The van der Waals surface area contributed by atoms with E-state index in [1.54, 1.807) is 0 Å². The van der Waals surface area contributed by atoms with E-state index in [1.807, 2.05) is 0 Å². The number of halogens is 1. The molecule has 1 rings (SSSR count). The Balaban J connectivity index is 2.51. The van der Waals surface area contributed by atoms with Crippen molar-refractivity contribution >= 4 is 21.8 Å². The number of ether oxygens (including phenoxy) is 1. The van der Waals surface area contributed by atoms with Crippen molar-refractivity contribution in [2.75, 3.05) is 11.9 Å². The van der Waals surface area contributed by atoms with Gasteiger partial charge in [0.15, 0.2) is 0 Å². The summed E-state index contributed by atoms with van der Waals surface area (Å²) in [4.78, 5) is 12.2. The van der Waals surface area contributed by atoms with E-state index < -0.39 is 0 Å². The maximum atomic E-state index is 12.2. The van der Waals surface area contributed by atoms with Crippen molar-refractivity contribution in [2.24, 2.45) is 11.8 Å². The molecule has 0 saturated carbocycles. The second-order valence-electron chi connectivity index (χ2n) is 5.05. The van der Waals surface area contributed by atoms with Crippen LogP contribution in [0.2, 0.25) is 0 Å². The van der Waals surface area contributed by atoms with Crippen molar-refractivity contribution in [2.45, 2.75) is 52.2 Å². The number of carbonyl (C=O) groups excluding carboxylic acids is 1. The molecule has 1 aliphatic rings. The van der Waals surface area contributed by atoms with Crippen LogP contribution in [-0.2, 0) is 9.53 Å². The van der Waals surface area contributed by atoms with Gasteiger partial charge < -0.3 is 10.1 Å². The molecular weight excluding hydrogens is 282 g/mol. The normalized spacial score (nSPS) is 26.2. The monoisotopic (exact) mass is 305 g/mol. The highest BCUT2D eigenvalue weighted by Crippen LogP contribution is 2.24. The second kappa shape index (κ2) is 7.37. The third-order valence-electron chi connectivity index (χ3n) is 3.50. The van der Waals surface area contributed by atoms with Gasteiger partial charge in [-0.1, -0.05) is 36.7 Å². The lowest BCUT2D eigenvalue weighted by Gasteiger charge is -2.25. The predicted molar refractivity (Wildman–Crippen MR) is 73.3 cm³/mol. The van der Waals surface area contributed by atoms with Gasteiger partial charge >= 0.3 is 0 Å². The lowest BCUT2D eigenvalue weighted by Crippen LogP contribution is -2.44. The molecule has 0 aromatic heterocycles. The number of rotatable bonds is 6. The summed E-state index contributed by atoms with van der Waals surface area (Å²) in [6, 6.07) is 0.264. The van der Waals surface area contributed by atoms with Gasteiger partial charge in [-0.3, -0.25) is 4.79 Å². The molecule has 4 heteroatoms. The SMILES string of the molecule is CCC1OCCC1C(=O)NC(CCBr)C(C)C. The van der Waals surface area contributed by atoms with Gasteiger partial charge in [0, 0.05) is 18.0 Å². The molecule has 0 aromatic carbocycles. The van der Waals surface area contributed by atoms with E-state index in [9.17, 15) is 4.79 Å². The van der Waals surface area contributed by atoms with Gasteiger partial charge in [-0.05, 0) is 25.2 Å². The highest BCUT2D eigenvalue weighted by Gasteiger charge is 2.33. The Labute approximate surface area is 113 Å². The van der Waals surface area contributed by atoms with Crippen molar-refractivity contribution in [3.8, 4) is 0 Å². The Morgan fingerprint density at radius 3 is 2.76 bits per heavy atom. The molecule has 1 heterocycles. The second-order valence-corrected chi connectivity index (χ2v) is 5.84.